The molecule has 1 saturated carbocycles. The normalized spacial score (nSPS) is 27.1. The minimum Gasteiger partial charge on any atom is -0.481 e. The molecule has 1 aliphatic carbocycles. The third-order valence-electron chi connectivity index (χ3n) is 8.47. The first-order valence-corrected chi connectivity index (χ1v) is 14.3. The quantitative estimate of drug-likeness (QED) is 0.390. The summed E-state index contributed by atoms with van der Waals surface area (Å²) in [5.74, 6) is -1.95. The second-order valence-electron chi connectivity index (χ2n) is 12.1. The van der Waals surface area contributed by atoms with Gasteiger partial charge in [-0.15, -0.1) is 0 Å². The summed E-state index contributed by atoms with van der Waals surface area (Å²) in [5.41, 5.74) is -0.547. The van der Waals surface area contributed by atoms with Crippen molar-refractivity contribution in [3.63, 3.8) is 0 Å². The number of halogens is 2. The van der Waals surface area contributed by atoms with Crippen LogP contribution >= 0.6 is 23.2 Å². The Hall–Kier alpha value is -3.10. The van der Waals surface area contributed by atoms with Gasteiger partial charge in [0, 0.05) is 16.0 Å². The predicted molar refractivity (Wildman–Crippen MR) is 151 cm³/mol. The number of urea groups is 1. The maximum atomic E-state index is 14.5. The highest BCUT2D eigenvalue weighted by Crippen LogP contribution is 2.54. The number of carbonyl (C=O) groups excluding carboxylic acids is 3. The number of imide groups is 1. The maximum Gasteiger partial charge on any atom is 0.325 e. The van der Waals surface area contributed by atoms with E-state index >= 15 is 0 Å². The molecule has 8 nitrogen and oxygen atoms in total. The lowest BCUT2D eigenvalue weighted by molar-refractivity contribution is -0.161. The van der Waals surface area contributed by atoms with E-state index in [-0.39, 0.29) is 43.0 Å². The fourth-order valence-electron chi connectivity index (χ4n) is 6.36. The number of benzene rings is 2. The molecule has 10 heteroatoms. The molecular weight excluding hydrogens is 553 g/mol. The fraction of sp³-hybridized carbons (Fsp3) is 0.467. The van der Waals surface area contributed by atoms with Crippen LogP contribution in [0.5, 0.6) is 0 Å². The Morgan fingerprint density at radius 3 is 2.23 bits per heavy atom. The van der Waals surface area contributed by atoms with Crippen LogP contribution in [0.3, 0.4) is 0 Å². The fourth-order valence-corrected chi connectivity index (χ4v) is 6.69. The van der Waals surface area contributed by atoms with E-state index in [2.05, 4.69) is 5.32 Å². The molecule has 0 unspecified atom stereocenters. The van der Waals surface area contributed by atoms with Crippen molar-refractivity contribution in [2.75, 3.05) is 6.54 Å². The Kier molecular flexibility index (Phi) is 7.38. The molecule has 4 atom stereocenters. The molecule has 2 aliphatic heterocycles. The van der Waals surface area contributed by atoms with Crippen molar-refractivity contribution in [3.8, 4) is 0 Å². The van der Waals surface area contributed by atoms with Crippen LogP contribution in [-0.4, -0.2) is 56.8 Å². The standard InChI is InChI=1S/C30H33Cl2N3O5/c1-29(2)26(38)34(28(40)33-29)16-23(17-7-8-17)35-25(18-9-11-20(31)12-10-18)22(19-5-4-6-21(32)13-19)14-30(3,27(35)39)15-24(36)37/h4-6,9-13,17,22-23,25H,7-8,14-16H2,1-3H3,(H,33,40)(H,36,37)/t22-,23-,25-,30-/m1/s1. The van der Waals surface area contributed by atoms with Crippen LogP contribution in [0.4, 0.5) is 4.79 Å². The van der Waals surface area contributed by atoms with Crippen molar-refractivity contribution >= 4 is 47.0 Å². The van der Waals surface area contributed by atoms with Gasteiger partial charge < -0.3 is 15.3 Å². The Bertz CT molecular complexity index is 1360. The molecule has 0 radical (unpaired) electrons. The summed E-state index contributed by atoms with van der Waals surface area (Å²) in [4.78, 5) is 55.7. The zero-order valence-corrected chi connectivity index (χ0v) is 24.2. The van der Waals surface area contributed by atoms with Crippen molar-refractivity contribution in [3.05, 3.63) is 69.7 Å². The first-order valence-electron chi connectivity index (χ1n) is 13.5. The summed E-state index contributed by atoms with van der Waals surface area (Å²) in [6.07, 6.45) is 1.62. The summed E-state index contributed by atoms with van der Waals surface area (Å²) in [7, 11) is 0. The molecule has 2 aromatic carbocycles. The average Bonchev–Trinajstić information content (AvgIpc) is 3.69. The number of piperidine rings is 1. The van der Waals surface area contributed by atoms with Crippen molar-refractivity contribution in [2.45, 2.75) is 70.0 Å². The number of nitrogens with zero attached hydrogens (tertiary/aromatic N) is 2. The van der Waals surface area contributed by atoms with Gasteiger partial charge in [-0.05, 0) is 74.4 Å². The van der Waals surface area contributed by atoms with Gasteiger partial charge in [-0.2, -0.15) is 0 Å². The zero-order chi connectivity index (χ0) is 29.0. The number of amides is 4. The minimum atomic E-state index is -1.22. The third-order valence-corrected chi connectivity index (χ3v) is 8.96. The predicted octanol–water partition coefficient (Wildman–Crippen LogP) is 5.64. The summed E-state index contributed by atoms with van der Waals surface area (Å²) >= 11 is 12.6. The smallest absolute Gasteiger partial charge is 0.325 e. The van der Waals surface area contributed by atoms with Crippen LogP contribution in [0.1, 0.15) is 69.5 Å². The second-order valence-corrected chi connectivity index (χ2v) is 13.0. The highest BCUT2D eigenvalue weighted by molar-refractivity contribution is 6.30. The van der Waals surface area contributed by atoms with Gasteiger partial charge in [0.2, 0.25) is 5.91 Å². The Labute approximate surface area is 243 Å². The van der Waals surface area contributed by atoms with Crippen molar-refractivity contribution in [2.24, 2.45) is 11.3 Å². The lowest BCUT2D eigenvalue weighted by Gasteiger charge is -2.52. The topological polar surface area (TPSA) is 107 Å². The van der Waals surface area contributed by atoms with E-state index in [1.165, 1.54) is 4.90 Å². The number of carboxylic acids is 1. The Morgan fingerprint density at radius 1 is 1.00 bits per heavy atom. The molecule has 3 aliphatic rings. The monoisotopic (exact) mass is 585 g/mol. The molecule has 0 aromatic heterocycles. The zero-order valence-electron chi connectivity index (χ0n) is 22.7. The summed E-state index contributed by atoms with van der Waals surface area (Å²) in [6, 6.07) is 13.2. The first-order chi connectivity index (χ1) is 18.8. The van der Waals surface area contributed by atoms with Crippen LogP contribution < -0.4 is 5.32 Å². The Morgan fingerprint density at radius 2 is 1.68 bits per heavy atom. The molecule has 2 saturated heterocycles. The minimum absolute atomic E-state index is 0.0278. The molecule has 2 heterocycles. The van der Waals surface area contributed by atoms with Crippen LogP contribution in [0.2, 0.25) is 10.0 Å². The van der Waals surface area contributed by atoms with Crippen molar-refractivity contribution in [1.82, 2.24) is 15.1 Å². The molecule has 4 amide bonds. The van der Waals surface area contributed by atoms with Gasteiger partial charge in [0.15, 0.2) is 0 Å². The van der Waals surface area contributed by atoms with E-state index < -0.39 is 35.0 Å². The number of carboxylic acid groups (broad SMARTS) is 1. The van der Waals surface area contributed by atoms with E-state index in [1.54, 1.807) is 43.9 Å². The SMILES string of the molecule is CC1(C)NC(=O)N(C[C@H](C2CC2)N2C(=O)[C@@](C)(CC(=O)O)C[C@H](c3cccc(Cl)c3)[C@H]2c2ccc(Cl)cc2)C1=O. The molecule has 3 fully saturated rings. The highest BCUT2D eigenvalue weighted by atomic mass is 35.5. The molecule has 40 heavy (non-hydrogen) atoms. The molecule has 2 N–H and O–H groups in total. The van der Waals surface area contributed by atoms with E-state index in [1.807, 2.05) is 30.3 Å². The van der Waals surface area contributed by atoms with Crippen LogP contribution in [-0.2, 0) is 14.4 Å². The van der Waals surface area contributed by atoms with Crippen molar-refractivity contribution < 1.29 is 24.3 Å². The lowest BCUT2D eigenvalue weighted by Crippen LogP contribution is -2.59. The van der Waals surface area contributed by atoms with E-state index in [4.69, 9.17) is 23.2 Å². The van der Waals surface area contributed by atoms with Gasteiger partial charge in [-0.3, -0.25) is 19.3 Å². The summed E-state index contributed by atoms with van der Waals surface area (Å²) in [5, 5.41) is 13.7. The van der Waals surface area contributed by atoms with Gasteiger partial charge in [-0.1, -0.05) is 54.4 Å². The van der Waals surface area contributed by atoms with Crippen LogP contribution in [0, 0.1) is 11.3 Å². The number of hydrogen-bond acceptors (Lipinski definition) is 4. The molecule has 2 aromatic rings. The average molecular weight is 587 g/mol. The molecular formula is C30H33Cl2N3O5. The summed E-state index contributed by atoms with van der Waals surface area (Å²) in [6.45, 7) is 5.04. The van der Waals surface area contributed by atoms with Gasteiger partial charge in [0.25, 0.3) is 5.91 Å². The third kappa shape index (κ3) is 5.31. The van der Waals surface area contributed by atoms with Crippen molar-refractivity contribution in [1.29, 1.82) is 0 Å². The number of nitrogens with one attached hydrogen (secondary N) is 1. The van der Waals surface area contributed by atoms with E-state index in [0.29, 0.717) is 10.0 Å². The van der Waals surface area contributed by atoms with Crippen LogP contribution in [0.25, 0.3) is 0 Å². The number of hydrogen-bond donors (Lipinski definition) is 2. The molecule has 0 bridgehead atoms. The van der Waals surface area contributed by atoms with Gasteiger partial charge >= 0.3 is 12.0 Å². The Balaban J connectivity index is 1.67. The van der Waals surface area contributed by atoms with Crippen LogP contribution in [0.15, 0.2) is 48.5 Å². The van der Waals surface area contributed by atoms with E-state index in [0.717, 1.165) is 24.0 Å². The highest BCUT2D eigenvalue weighted by Gasteiger charge is 2.56. The van der Waals surface area contributed by atoms with E-state index in [9.17, 15) is 24.3 Å². The summed E-state index contributed by atoms with van der Waals surface area (Å²) < 4.78 is 0. The maximum absolute atomic E-state index is 14.5. The van der Waals surface area contributed by atoms with Gasteiger partial charge in [0.1, 0.15) is 5.54 Å². The van der Waals surface area contributed by atoms with Gasteiger partial charge in [-0.25, -0.2) is 4.79 Å². The lowest BCUT2D eigenvalue weighted by atomic mass is 9.67. The molecule has 0 spiro atoms. The number of carbonyl (C=O) groups is 4. The largest absolute Gasteiger partial charge is 0.481 e. The second kappa shape index (κ2) is 10.4. The molecule has 212 valence electrons. The molecule has 5 rings (SSSR count). The number of aliphatic carboxylic acids is 1. The first kappa shape index (κ1) is 28.4. The number of likely N-dealkylation sites (tertiary alicyclic amines) is 1. The van der Waals surface area contributed by atoms with Gasteiger partial charge in [0.05, 0.1) is 30.5 Å². The number of rotatable bonds is 8.